The molecule has 0 spiro atoms. The fraction of sp³-hybridized carbons (Fsp3) is 0.765. The Kier molecular flexibility index (Phi) is 4.47. The quantitative estimate of drug-likeness (QED) is 0.892. The van der Waals surface area contributed by atoms with Gasteiger partial charge >= 0.3 is 0 Å². The van der Waals surface area contributed by atoms with Gasteiger partial charge in [-0.05, 0) is 58.2 Å². The molecule has 1 aromatic heterocycles. The van der Waals surface area contributed by atoms with Crippen LogP contribution in [-0.4, -0.2) is 24.5 Å². The Bertz CT molecular complexity index is 434. The summed E-state index contributed by atoms with van der Waals surface area (Å²) in [5, 5.41) is 3.16. The Balaban J connectivity index is 1.66. The SMILES string of the molecule is CNCc1cc(CN2CCCC2C2CCCC2)c(C)o1. The van der Waals surface area contributed by atoms with Crippen LogP contribution in [0.2, 0.25) is 0 Å². The molecule has 1 atom stereocenters. The predicted molar refractivity (Wildman–Crippen MR) is 81.6 cm³/mol. The zero-order valence-corrected chi connectivity index (χ0v) is 13.0. The minimum atomic E-state index is 0.826. The summed E-state index contributed by atoms with van der Waals surface area (Å²) < 4.78 is 5.84. The molecule has 0 bridgehead atoms. The highest BCUT2D eigenvalue weighted by molar-refractivity contribution is 5.21. The van der Waals surface area contributed by atoms with E-state index in [9.17, 15) is 0 Å². The van der Waals surface area contributed by atoms with Crippen LogP contribution in [0.5, 0.6) is 0 Å². The third kappa shape index (κ3) is 2.94. The maximum Gasteiger partial charge on any atom is 0.118 e. The van der Waals surface area contributed by atoms with Gasteiger partial charge in [0.1, 0.15) is 11.5 Å². The molecule has 1 N–H and O–H groups in total. The first-order valence-electron chi connectivity index (χ1n) is 8.24. The number of nitrogens with one attached hydrogen (secondary N) is 1. The van der Waals surface area contributed by atoms with Gasteiger partial charge in [-0.25, -0.2) is 0 Å². The Hall–Kier alpha value is -0.800. The van der Waals surface area contributed by atoms with Crippen molar-refractivity contribution in [1.29, 1.82) is 0 Å². The first-order valence-corrected chi connectivity index (χ1v) is 8.24. The van der Waals surface area contributed by atoms with Crippen molar-refractivity contribution in [2.75, 3.05) is 13.6 Å². The molecule has 2 heterocycles. The molecule has 3 heteroatoms. The molecule has 1 aliphatic heterocycles. The van der Waals surface area contributed by atoms with Crippen LogP contribution >= 0.6 is 0 Å². The van der Waals surface area contributed by atoms with E-state index in [1.54, 1.807) is 0 Å². The van der Waals surface area contributed by atoms with Gasteiger partial charge in [0.2, 0.25) is 0 Å². The van der Waals surface area contributed by atoms with E-state index in [1.165, 1.54) is 50.6 Å². The summed E-state index contributed by atoms with van der Waals surface area (Å²) in [5.74, 6) is 3.13. The Labute approximate surface area is 122 Å². The number of furan rings is 1. The highest BCUT2D eigenvalue weighted by Crippen LogP contribution is 2.36. The number of aryl methyl sites for hydroxylation is 1. The molecule has 1 aromatic rings. The molecule has 0 radical (unpaired) electrons. The van der Waals surface area contributed by atoms with Crippen molar-refractivity contribution in [1.82, 2.24) is 10.2 Å². The summed E-state index contributed by atoms with van der Waals surface area (Å²) in [7, 11) is 1.97. The predicted octanol–water partition coefficient (Wildman–Crippen LogP) is 3.46. The van der Waals surface area contributed by atoms with E-state index in [2.05, 4.69) is 23.2 Å². The van der Waals surface area contributed by atoms with E-state index in [0.29, 0.717) is 0 Å². The zero-order chi connectivity index (χ0) is 13.9. The van der Waals surface area contributed by atoms with Crippen LogP contribution in [0.4, 0.5) is 0 Å². The van der Waals surface area contributed by atoms with Crippen LogP contribution < -0.4 is 5.32 Å². The molecule has 0 amide bonds. The molecule has 1 saturated heterocycles. The lowest BCUT2D eigenvalue weighted by atomic mass is 9.96. The molecule has 112 valence electrons. The van der Waals surface area contributed by atoms with Crippen LogP contribution in [0.25, 0.3) is 0 Å². The van der Waals surface area contributed by atoms with Crippen molar-refractivity contribution < 1.29 is 4.42 Å². The fourth-order valence-electron chi connectivity index (χ4n) is 4.15. The molecule has 1 saturated carbocycles. The molecule has 1 aliphatic carbocycles. The standard InChI is InChI=1S/C17H28N2O/c1-13-15(10-16(20-13)11-18-2)12-19-9-5-8-17(19)14-6-3-4-7-14/h10,14,17-18H,3-9,11-12H2,1-2H3. The average molecular weight is 276 g/mol. The summed E-state index contributed by atoms with van der Waals surface area (Å²) in [6, 6.07) is 3.08. The lowest BCUT2D eigenvalue weighted by Crippen LogP contribution is -2.34. The third-order valence-electron chi connectivity index (χ3n) is 5.15. The van der Waals surface area contributed by atoms with Crippen molar-refractivity contribution in [2.45, 2.75) is 64.6 Å². The van der Waals surface area contributed by atoms with Gasteiger partial charge in [-0.3, -0.25) is 4.90 Å². The normalized spacial score (nSPS) is 24.8. The Morgan fingerprint density at radius 2 is 2.05 bits per heavy atom. The second-order valence-electron chi connectivity index (χ2n) is 6.55. The summed E-state index contributed by atoms with van der Waals surface area (Å²) >= 11 is 0. The lowest BCUT2D eigenvalue weighted by molar-refractivity contribution is 0.182. The van der Waals surface area contributed by atoms with Gasteiger partial charge in [0, 0.05) is 18.2 Å². The minimum absolute atomic E-state index is 0.826. The van der Waals surface area contributed by atoms with Crippen molar-refractivity contribution in [3.05, 3.63) is 23.2 Å². The summed E-state index contributed by atoms with van der Waals surface area (Å²) in [5.41, 5.74) is 1.39. The van der Waals surface area contributed by atoms with Crippen LogP contribution in [0.15, 0.2) is 10.5 Å². The van der Waals surface area contributed by atoms with Gasteiger partial charge in [0.25, 0.3) is 0 Å². The molecular formula is C17H28N2O. The Morgan fingerprint density at radius 3 is 2.80 bits per heavy atom. The molecule has 20 heavy (non-hydrogen) atoms. The lowest BCUT2D eigenvalue weighted by Gasteiger charge is -2.29. The van der Waals surface area contributed by atoms with E-state index < -0.39 is 0 Å². The molecule has 3 rings (SSSR count). The Morgan fingerprint density at radius 1 is 1.25 bits per heavy atom. The molecule has 3 nitrogen and oxygen atoms in total. The fourth-order valence-corrected chi connectivity index (χ4v) is 4.15. The highest BCUT2D eigenvalue weighted by atomic mass is 16.3. The minimum Gasteiger partial charge on any atom is -0.465 e. The zero-order valence-electron chi connectivity index (χ0n) is 13.0. The molecular weight excluding hydrogens is 248 g/mol. The second kappa shape index (κ2) is 6.31. The summed E-state index contributed by atoms with van der Waals surface area (Å²) in [6.45, 7) is 5.29. The third-order valence-corrected chi connectivity index (χ3v) is 5.15. The van der Waals surface area contributed by atoms with Crippen LogP contribution in [-0.2, 0) is 13.1 Å². The number of nitrogens with zero attached hydrogens (tertiary/aromatic N) is 1. The largest absolute Gasteiger partial charge is 0.465 e. The van der Waals surface area contributed by atoms with Crippen molar-refractivity contribution >= 4 is 0 Å². The summed E-state index contributed by atoms with van der Waals surface area (Å²) in [4.78, 5) is 2.72. The van der Waals surface area contributed by atoms with Crippen LogP contribution in [0, 0.1) is 12.8 Å². The van der Waals surface area contributed by atoms with E-state index in [4.69, 9.17) is 4.42 Å². The molecule has 1 unspecified atom stereocenters. The topological polar surface area (TPSA) is 28.4 Å². The molecule has 0 aromatic carbocycles. The molecule has 2 fully saturated rings. The maximum absolute atomic E-state index is 5.84. The van der Waals surface area contributed by atoms with E-state index in [-0.39, 0.29) is 0 Å². The first-order chi connectivity index (χ1) is 9.78. The van der Waals surface area contributed by atoms with Gasteiger partial charge in [-0.2, -0.15) is 0 Å². The maximum atomic E-state index is 5.84. The van der Waals surface area contributed by atoms with Crippen LogP contribution in [0.3, 0.4) is 0 Å². The van der Waals surface area contributed by atoms with E-state index in [0.717, 1.165) is 36.6 Å². The van der Waals surface area contributed by atoms with Gasteiger partial charge in [-0.1, -0.05) is 12.8 Å². The van der Waals surface area contributed by atoms with Crippen LogP contribution in [0.1, 0.15) is 55.6 Å². The monoisotopic (exact) mass is 276 g/mol. The van der Waals surface area contributed by atoms with Crippen molar-refractivity contribution in [3.63, 3.8) is 0 Å². The van der Waals surface area contributed by atoms with Gasteiger partial charge in [0.15, 0.2) is 0 Å². The number of likely N-dealkylation sites (tertiary alicyclic amines) is 1. The number of rotatable bonds is 5. The summed E-state index contributed by atoms with van der Waals surface area (Å²) in [6.07, 6.45) is 8.59. The number of hydrogen-bond donors (Lipinski definition) is 1. The second-order valence-corrected chi connectivity index (χ2v) is 6.55. The van der Waals surface area contributed by atoms with Gasteiger partial charge < -0.3 is 9.73 Å². The molecule has 2 aliphatic rings. The average Bonchev–Trinajstić information content (AvgIpc) is 3.13. The number of hydrogen-bond acceptors (Lipinski definition) is 3. The van der Waals surface area contributed by atoms with Crippen molar-refractivity contribution in [3.8, 4) is 0 Å². The smallest absolute Gasteiger partial charge is 0.118 e. The van der Waals surface area contributed by atoms with Gasteiger partial charge in [0.05, 0.1) is 6.54 Å². The van der Waals surface area contributed by atoms with Crippen molar-refractivity contribution in [2.24, 2.45) is 5.92 Å². The van der Waals surface area contributed by atoms with E-state index in [1.807, 2.05) is 7.05 Å². The first kappa shape index (κ1) is 14.2. The van der Waals surface area contributed by atoms with E-state index >= 15 is 0 Å². The van der Waals surface area contributed by atoms with Gasteiger partial charge in [-0.15, -0.1) is 0 Å². The highest BCUT2D eigenvalue weighted by Gasteiger charge is 2.33.